The molecule has 0 amide bonds. The summed E-state index contributed by atoms with van der Waals surface area (Å²) in [5.41, 5.74) is 0.106. The summed E-state index contributed by atoms with van der Waals surface area (Å²) in [6.45, 7) is 12.1. The molecule has 1 saturated heterocycles. The summed E-state index contributed by atoms with van der Waals surface area (Å²) in [5.74, 6) is 0. The molecular weight excluding hydrogens is 200 g/mol. The van der Waals surface area contributed by atoms with Crippen molar-refractivity contribution in [2.24, 2.45) is 0 Å². The number of nitrogens with zero attached hydrogens (tertiary/aromatic N) is 1. The second-order valence-electron chi connectivity index (χ2n) is 6.09. The minimum Gasteiger partial charge on any atom is -0.374 e. The summed E-state index contributed by atoms with van der Waals surface area (Å²) in [6.07, 6.45) is 3.00. The third-order valence-electron chi connectivity index (χ3n) is 3.79. The van der Waals surface area contributed by atoms with Crippen LogP contribution in [-0.4, -0.2) is 48.3 Å². The number of nitrogens with one attached hydrogen (secondary N) is 1. The van der Waals surface area contributed by atoms with Crippen molar-refractivity contribution >= 4 is 0 Å². The molecule has 1 aliphatic heterocycles. The number of morpholine rings is 1. The van der Waals surface area contributed by atoms with Gasteiger partial charge in [0.1, 0.15) is 0 Å². The van der Waals surface area contributed by atoms with Crippen LogP contribution in [0.4, 0.5) is 0 Å². The van der Waals surface area contributed by atoms with Gasteiger partial charge in [0, 0.05) is 30.7 Å². The van der Waals surface area contributed by atoms with Crippen molar-refractivity contribution in [2.45, 2.75) is 64.3 Å². The standard InChI is InChI=1S/C13H26N2O/c1-10(2)15-7-8-16-12(9-15)13(3,4)14-11-5-6-11/h10-12,14H,5-9H2,1-4H3/t12-/m0/s1. The first kappa shape index (κ1) is 12.3. The molecule has 0 unspecified atom stereocenters. The molecule has 3 heteroatoms. The van der Waals surface area contributed by atoms with E-state index in [1.807, 2.05) is 0 Å². The van der Waals surface area contributed by atoms with Crippen LogP contribution in [0.3, 0.4) is 0 Å². The second-order valence-corrected chi connectivity index (χ2v) is 6.09. The minimum absolute atomic E-state index is 0.106. The van der Waals surface area contributed by atoms with Crippen LogP contribution in [0.1, 0.15) is 40.5 Å². The van der Waals surface area contributed by atoms with Crippen LogP contribution in [0.5, 0.6) is 0 Å². The van der Waals surface area contributed by atoms with Crippen LogP contribution >= 0.6 is 0 Å². The van der Waals surface area contributed by atoms with E-state index in [2.05, 4.69) is 37.9 Å². The van der Waals surface area contributed by atoms with Crippen LogP contribution in [0.15, 0.2) is 0 Å². The number of ether oxygens (including phenoxy) is 1. The van der Waals surface area contributed by atoms with Crippen LogP contribution in [0.25, 0.3) is 0 Å². The first-order valence-electron chi connectivity index (χ1n) is 6.62. The molecule has 1 aliphatic carbocycles. The first-order chi connectivity index (χ1) is 7.49. The van der Waals surface area contributed by atoms with Gasteiger partial charge in [0.2, 0.25) is 0 Å². The van der Waals surface area contributed by atoms with Crippen molar-refractivity contribution < 1.29 is 4.74 Å². The molecule has 2 fully saturated rings. The number of rotatable bonds is 4. The van der Waals surface area contributed by atoms with Crippen LogP contribution in [0.2, 0.25) is 0 Å². The van der Waals surface area contributed by atoms with Crippen molar-refractivity contribution in [3.8, 4) is 0 Å². The van der Waals surface area contributed by atoms with E-state index in [1.165, 1.54) is 12.8 Å². The second kappa shape index (κ2) is 4.63. The Morgan fingerprint density at radius 2 is 2.00 bits per heavy atom. The molecule has 0 aromatic carbocycles. The monoisotopic (exact) mass is 226 g/mol. The van der Waals surface area contributed by atoms with Gasteiger partial charge in [-0.1, -0.05) is 0 Å². The lowest BCUT2D eigenvalue weighted by Crippen LogP contribution is -2.59. The van der Waals surface area contributed by atoms with E-state index in [1.54, 1.807) is 0 Å². The van der Waals surface area contributed by atoms with Crippen molar-refractivity contribution in [2.75, 3.05) is 19.7 Å². The molecule has 0 radical (unpaired) electrons. The Balaban J connectivity index is 1.91. The predicted octanol–water partition coefficient (Wildman–Crippen LogP) is 1.63. The lowest BCUT2D eigenvalue weighted by molar-refractivity contribution is -0.0757. The first-order valence-corrected chi connectivity index (χ1v) is 6.62. The molecule has 1 N–H and O–H groups in total. The van der Waals surface area contributed by atoms with E-state index in [0.29, 0.717) is 12.1 Å². The normalized spacial score (nSPS) is 28.7. The van der Waals surface area contributed by atoms with Gasteiger partial charge in [-0.3, -0.25) is 4.90 Å². The molecule has 16 heavy (non-hydrogen) atoms. The third kappa shape index (κ3) is 2.96. The highest BCUT2D eigenvalue weighted by Gasteiger charge is 2.38. The van der Waals surface area contributed by atoms with Gasteiger partial charge in [-0.2, -0.15) is 0 Å². The maximum Gasteiger partial charge on any atom is 0.0878 e. The Bertz CT molecular complexity index is 236. The Hall–Kier alpha value is -0.120. The summed E-state index contributed by atoms with van der Waals surface area (Å²) in [5, 5.41) is 3.71. The maximum absolute atomic E-state index is 5.95. The van der Waals surface area contributed by atoms with Crippen molar-refractivity contribution in [1.82, 2.24) is 10.2 Å². The Morgan fingerprint density at radius 3 is 2.56 bits per heavy atom. The fraction of sp³-hybridized carbons (Fsp3) is 1.00. The quantitative estimate of drug-likeness (QED) is 0.788. The fourth-order valence-corrected chi connectivity index (χ4v) is 2.42. The lowest BCUT2D eigenvalue weighted by atomic mass is 9.95. The maximum atomic E-state index is 5.95. The van der Waals surface area contributed by atoms with Gasteiger partial charge < -0.3 is 10.1 Å². The molecule has 2 aliphatic rings. The Morgan fingerprint density at radius 1 is 1.31 bits per heavy atom. The molecule has 3 nitrogen and oxygen atoms in total. The van der Waals surface area contributed by atoms with Crippen molar-refractivity contribution in [3.63, 3.8) is 0 Å². The largest absolute Gasteiger partial charge is 0.374 e. The molecule has 0 aromatic rings. The Labute approximate surface area is 99.5 Å². The number of hydrogen-bond donors (Lipinski definition) is 1. The van der Waals surface area contributed by atoms with Crippen LogP contribution < -0.4 is 5.32 Å². The van der Waals surface area contributed by atoms with Crippen molar-refractivity contribution in [3.05, 3.63) is 0 Å². The zero-order chi connectivity index (χ0) is 11.8. The molecule has 94 valence electrons. The summed E-state index contributed by atoms with van der Waals surface area (Å²) >= 11 is 0. The zero-order valence-electron chi connectivity index (χ0n) is 11.1. The highest BCUT2D eigenvalue weighted by atomic mass is 16.5. The van der Waals surface area contributed by atoms with E-state index < -0.39 is 0 Å². The molecule has 1 atom stereocenters. The van der Waals surface area contributed by atoms with Gasteiger partial charge in [-0.25, -0.2) is 0 Å². The molecule has 1 heterocycles. The van der Waals surface area contributed by atoms with E-state index in [4.69, 9.17) is 4.74 Å². The van der Waals surface area contributed by atoms with Gasteiger partial charge in [-0.15, -0.1) is 0 Å². The van der Waals surface area contributed by atoms with Crippen LogP contribution in [-0.2, 0) is 4.74 Å². The van der Waals surface area contributed by atoms with E-state index in [9.17, 15) is 0 Å². The molecule has 2 rings (SSSR count). The smallest absolute Gasteiger partial charge is 0.0878 e. The summed E-state index contributed by atoms with van der Waals surface area (Å²) in [7, 11) is 0. The highest BCUT2D eigenvalue weighted by Crippen LogP contribution is 2.26. The SMILES string of the molecule is CC(C)N1CCO[C@H](C(C)(C)NC2CC2)C1. The third-order valence-corrected chi connectivity index (χ3v) is 3.79. The molecule has 0 spiro atoms. The fourth-order valence-electron chi connectivity index (χ4n) is 2.42. The van der Waals surface area contributed by atoms with Crippen LogP contribution in [0, 0.1) is 0 Å². The topological polar surface area (TPSA) is 24.5 Å². The van der Waals surface area contributed by atoms with Gasteiger partial charge in [-0.05, 0) is 40.5 Å². The molecular formula is C13H26N2O. The molecule has 0 aromatic heterocycles. The molecule has 0 bridgehead atoms. The average molecular weight is 226 g/mol. The van der Waals surface area contributed by atoms with Gasteiger partial charge in [0.15, 0.2) is 0 Å². The predicted molar refractivity (Wildman–Crippen MR) is 66.7 cm³/mol. The summed E-state index contributed by atoms with van der Waals surface area (Å²) in [4.78, 5) is 2.52. The summed E-state index contributed by atoms with van der Waals surface area (Å²) < 4.78 is 5.95. The van der Waals surface area contributed by atoms with E-state index in [0.717, 1.165) is 25.7 Å². The van der Waals surface area contributed by atoms with Gasteiger partial charge >= 0.3 is 0 Å². The lowest BCUT2D eigenvalue weighted by Gasteiger charge is -2.43. The zero-order valence-corrected chi connectivity index (χ0v) is 11.1. The van der Waals surface area contributed by atoms with Gasteiger partial charge in [0.05, 0.1) is 12.7 Å². The minimum atomic E-state index is 0.106. The van der Waals surface area contributed by atoms with Gasteiger partial charge in [0.25, 0.3) is 0 Å². The Kier molecular flexibility index (Phi) is 3.57. The highest BCUT2D eigenvalue weighted by molar-refractivity contribution is 4.97. The molecule has 1 saturated carbocycles. The van der Waals surface area contributed by atoms with E-state index >= 15 is 0 Å². The van der Waals surface area contributed by atoms with E-state index in [-0.39, 0.29) is 5.54 Å². The van der Waals surface area contributed by atoms with Crippen molar-refractivity contribution in [1.29, 1.82) is 0 Å². The summed E-state index contributed by atoms with van der Waals surface area (Å²) in [6, 6.07) is 1.37. The average Bonchev–Trinajstić information content (AvgIpc) is 3.01. The number of hydrogen-bond acceptors (Lipinski definition) is 3.